The van der Waals surface area contributed by atoms with Gasteiger partial charge in [-0.2, -0.15) is 0 Å². The summed E-state index contributed by atoms with van der Waals surface area (Å²) in [7, 11) is 2.13. The van der Waals surface area contributed by atoms with Gasteiger partial charge in [0.25, 0.3) is 0 Å². The van der Waals surface area contributed by atoms with Gasteiger partial charge in [0.05, 0.1) is 6.04 Å². The Balaban J connectivity index is 2.01. The summed E-state index contributed by atoms with van der Waals surface area (Å²) in [5.41, 5.74) is 1.32. The highest BCUT2D eigenvalue weighted by Gasteiger charge is 2.36. The van der Waals surface area contributed by atoms with Crippen LogP contribution in [0.2, 0.25) is 0 Å². The van der Waals surface area contributed by atoms with E-state index in [-0.39, 0.29) is 0 Å². The lowest BCUT2D eigenvalue weighted by Gasteiger charge is -2.24. The van der Waals surface area contributed by atoms with Crippen molar-refractivity contribution >= 4 is 0 Å². The first kappa shape index (κ1) is 7.92. The average molecular weight is 186 g/mol. The van der Waals surface area contributed by atoms with Crippen LogP contribution in [0.1, 0.15) is 6.92 Å². The summed E-state index contributed by atoms with van der Waals surface area (Å²) in [6.07, 6.45) is 13.4. The molecule has 0 fully saturated rings. The predicted octanol–water partition coefficient (Wildman–Crippen LogP) is 2.06. The van der Waals surface area contributed by atoms with Gasteiger partial charge in [-0.25, -0.2) is 0 Å². The van der Waals surface area contributed by atoms with Gasteiger partial charge in [-0.3, -0.25) is 0 Å². The quantitative estimate of drug-likeness (QED) is 0.571. The Labute approximate surface area is 84.5 Å². The van der Waals surface area contributed by atoms with E-state index < -0.39 is 0 Å². The highest BCUT2D eigenvalue weighted by Crippen LogP contribution is 2.38. The molecule has 0 N–H and O–H groups in total. The van der Waals surface area contributed by atoms with E-state index in [1.807, 2.05) is 0 Å². The number of hydrogen-bond acceptors (Lipinski definition) is 2. The van der Waals surface area contributed by atoms with E-state index >= 15 is 0 Å². The van der Waals surface area contributed by atoms with Crippen molar-refractivity contribution in [3.8, 4) is 0 Å². The smallest absolute Gasteiger partial charge is 0.109 e. The van der Waals surface area contributed by atoms with Crippen LogP contribution in [0, 0.1) is 5.92 Å². The Kier molecular flexibility index (Phi) is 1.43. The maximum atomic E-state index is 2.36. The highest BCUT2D eigenvalue weighted by atomic mass is 15.4. The minimum Gasteiger partial charge on any atom is -0.334 e. The van der Waals surface area contributed by atoms with Crippen LogP contribution >= 0.6 is 0 Å². The molecule has 0 spiro atoms. The molecule has 0 aromatic rings. The van der Waals surface area contributed by atoms with E-state index in [9.17, 15) is 0 Å². The first-order valence-electron chi connectivity index (χ1n) is 5.05. The second kappa shape index (κ2) is 2.53. The van der Waals surface area contributed by atoms with E-state index in [4.69, 9.17) is 0 Å². The van der Waals surface area contributed by atoms with Crippen molar-refractivity contribution in [3.63, 3.8) is 0 Å². The minimum atomic E-state index is 0.509. The fraction of sp³-hybridized carbons (Fsp3) is 0.333. The fourth-order valence-electron chi connectivity index (χ4n) is 2.36. The number of rotatable bonds is 0. The zero-order valence-electron chi connectivity index (χ0n) is 8.51. The van der Waals surface area contributed by atoms with Gasteiger partial charge >= 0.3 is 0 Å². The summed E-state index contributed by atoms with van der Waals surface area (Å²) in [4.78, 5) is 4.61. The van der Waals surface area contributed by atoms with Gasteiger partial charge in [-0.05, 0) is 13.0 Å². The summed E-state index contributed by atoms with van der Waals surface area (Å²) in [5, 5.41) is 0. The molecular weight excluding hydrogens is 172 g/mol. The third kappa shape index (κ3) is 0.857. The zero-order valence-corrected chi connectivity index (χ0v) is 8.51. The Morgan fingerprint density at radius 2 is 2.00 bits per heavy atom. The first-order chi connectivity index (χ1) is 6.77. The third-order valence-corrected chi connectivity index (χ3v) is 3.27. The molecule has 2 nitrogen and oxygen atoms in total. The molecular formula is C12H14N2. The molecule has 0 radical (unpaired) electrons. The standard InChI is InChI=1S/C12H14N2/c1-9-8-14-11-6-4-3-5-10(11)7-12(14)13(9)2/h3-8,10-11H,1-2H3. The van der Waals surface area contributed by atoms with Gasteiger partial charge < -0.3 is 9.80 Å². The number of fused-ring (bicyclic) bond motifs is 3. The SMILES string of the molecule is CC1=CN2C(=CC3C=CC=CC32)N1C. The third-order valence-electron chi connectivity index (χ3n) is 3.27. The van der Waals surface area contributed by atoms with E-state index in [0.717, 1.165) is 0 Å². The molecule has 14 heavy (non-hydrogen) atoms. The molecule has 0 saturated heterocycles. The largest absolute Gasteiger partial charge is 0.334 e. The van der Waals surface area contributed by atoms with Crippen LogP contribution in [0.4, 0.5) is 0 Å². The lowest BCUT2D eigenvalue weighted by molar-refractivity contribution is 0.356. The van der Waals surface area contributed by atoms with Gasteiger partial charge in [-0.1, -0.05) is 24.3 Å². The molecule has 2 atom stereocenters. The highest BCUT2D eigenvalue weighted by molar-refractivity contribution is 5.35. The predicted molar refractivity (Wildman–Crippen MR) is 57.0 cm³/mol. The molecule has 3 aliphatic rings. The van der Waals surface area contributed by atoms with Crippen molar-refractivity contribution in [3.05, 3.63) is 48.1 Å². The van der Waals surface area contributed by atoms with Crippen LogP contribution in [0.25, 0.3) is 0 Å². The summed E-state index contributed by atoms with van der Waals surface area (Å²) in [5.74, 6) is 1.88. The Bertz CT molecular complexity index is 387. The Morgan fingerprint density at radius 1 is 1.21 bits per heavy atom. The molecule has 0 saturated carbocycles. The number of hydrogen-bond donors (Lipinski definition) is 0. The molecule has 1 aliphatic carbocycles. The molecule has 0 amide bonds. The summed E-state index contributed by atoms with van der Waals surface area (Å²) in [6, 6.07) is 0.509. The van der Waals surface area contributed by atoms with Crippen LogP contribution in [0.3, 0.4) is 0 Å². The van der Waals surface area contributed by atoms with Gasteiger partial charge in [0.15, 0.2) is 0 Å². The van der Waals surface area contributed by atoms with Gasteiger partial charge in [0.1, 0.15) is 5.82 Å². The Hall–Kier alpha value is -1.44. The Morgan fingerprint density at radius 3 is 2.86 bits per heavy atom. The van der Waals surface area contributed by atoms with E-state index in [2.05, 4.69) is 60.4 Å². The van der Waals surface area contributed by atoms with Crippen molar-refractivity contribution in [1.29, 1.82) is 0 Å². The fourth-order valence-corrected chi connectivity index (χ4v) is 2.36. The van der Waals surface area contributed by atoms with Gasteiger partial charge in [0.2, 0.25) is 0 Å². The summed E-state index contributed by atoms with van der Waals surface area (Å²) in [6.45, 7) is 2.15. The van der Waals surface area contributed by atoms with E-state index in [1.54, 1.807) is 0 Å². The van der Waals surface area contributed by atoms with Crippen LogP contribution in [-0.2, 0) is 0 Å². The number of nitrogens with zero attached hydrogens (tertiary/aromatic N) is 2. The molecule has 0 bridgehead atoms. The van der Waals surface area contributed by atoms with Gasteiger partial charge in [-0.15, -0.1) is 0 Å². The monoisotopic (exact) mass is 186 g/mol. The molecule has 2 heteroatoms. The normalized spacial score (nSPS) is 33.0. The van der Waals surface area contributed by atoms with E-state index in [0.29, 0.717) is 12.0 Å². The lowest BCUT2D eigenvalue weighted by atomic mass is 9.97. The molecule has 3 rings (SSSR count). The van der Waals surface area contributed by atoms with Crippen molar-refractivity contribution in [2.75, 3.05) is 7.05 Å². The molecule has 0 aromatic heterocycles. The second-order valence-electron chi connectivity index (χ2n) is 4.10. The molecule has 2 unspecified atom stereocenters. The van der Waals surface area contributed by atoms with E-state index in [1.165, 1.54) is 11.5 Å². The van der Waals surface area contributed by atoms with Crippen LogP contribution < -0.4 is 0 Å². The summed E-state index contributed by atoms with van der Waals surface area (Å²) < 4.78 is 0. The van der Waals surface area contributed by atoms with Crippen molar-refractivity contribution in [2.24, 2.45) is 5.92 Å². The van der Waals surface area contributed by atoms with Crippen molar-refractivity contribution < 1.29 is 0 Å². The van der Waals surface area contributed by atoms with Crippen LogP contribution in [0.5, 0.6) is 0 Å². The minimum absolute atomic E-state index is 0.509. The lowest BCUT2D eigenvalue weighted by Crippen LogP contribution is -2.28. The average Bonchev–Trinajstić information content (AvgIpc) is 2.67. The topological polar surface area (TPSA) is 6.48 Å². The summed E-state index contributed by atoms with van der Waals surface area (Å²) >= 11 is 0. The maximum Gasteiger partial charge on any atom is 0.109 e. The van der Waals surface area contributed by atoms with Crippen LogP contribution in [0.15, 0.2) is 48.1 Å². The van der Waals surface area contributed by atoms with Crippen molar-refractivity contribution in [1.82, 2.24) is 9.80 Å². The zero-order chi connectivity index (χ0) is 9.71. The molecule has 72 valence electrons. The first-order valence-corrected chi connectivity index (χ1v) is 5.05. The maximum absolute atomic E-state index is 2.36. The van der Waals surface area contributed by atoms with Gasteiger partial charge in [0, 0.05) is 24.9 Å². The number of allylic oxidation sites excluding steroid dienone is 3. The molecule has 0 aromatic carbocycles. The molecule has 2 heterocycles. The second-order valence-corrected chi connectivity index (χ2v) is 4.10. The molecule has 2 aliphatic heterocycles. The van der Waals surface area contributed by atoms with Crippen LogP contribution in [-0.4, -0.2) is 22.9 Å². The van der Waals surface area contributed by atoms with Crippen molar-refractivity contribution in [2.45, 2.75) is 13.0 Å².